The molecule has 0 radical (unpaired) electrons. The van der Waals surface area contributed by atoms with Crippen LogP contribution in [-0.4, -0.2) is 9.55 Å². The standard InChI is InChI=1S/C16H21N3/c1-11(16(2,3)4)9-14-18-15-12(10-17)7-6-8-13(15)19(14)5/h6-8,11H,9H2,1-5H3. The first-order valence-corrected chi connectivity index (χ1v) is 6.69. The lowest BCUT2D eigenvalue weighted by atomic mass is 9.80. The number of fused-ring (bicyclic) bond motifs is 1. The fourth-order valence-electron chi connectivity index (χ4n) is 2.12. The Hall–Kier alpha value is -1.82. The van der Waals surface area contributed by atoms with E-state index in [0.29, 0.717) is 11.5 Å². The van der Waals surface area contributed by atoms with E-state index >= 15 is 0 Å². The van der Waals surface area contributed by atoms with E-state index in [0.717, 1.165) is 23.3 Å². The average molecular weight is 255 g/mol. The molecular weight excluding hydrogens is 234 g/mol. The van der Waals surface area contributed by atoms with Crippen molar-refractivity contribution in [2.24, 2.45) is 18.4 Å². The minimum atomic E-state index is 0.260. The van der Waals surface area contributed by atoms with Gasteiger partial charge in [0, 0.05) is 13.5 Å². The number of nitrogens with zero attached hydrogens (tertiary/aromatic N) is 3. The molecule has 0 spiro atoms. The number of hydrogen-bond donors (Lipinski definition) is 0. The van der Waals surface area contributed by atoms with Gasteiger partial charge in [-0.3, -0.25) is 0 Å². The molecule has 0 aliphatic carbocycles. The van der Waals surface area contributed by atoms with Crippen molar-refractivity contribution in [1.29, 1.82) is 5.26 Å². The second-order valence-electron chi connectivity index (χ2n) is 6.34. The molecule has 1 aromatic carbocycles. The lowest BCUT2D eigenvalue weighted by Gasteiger charge is -2.26. The average Bonchev–Trinajstić information content (AvgIpc) is 2.65. The van der Waals surface area contributed by atoms with Crippen LogP contribution in [0.2, 0.25) is 0 Å². The third kappa shape index (κ3) is 2.49. The number of benzene rings is 1. The van der Waals surface area contributed by atoms with Gasteiger partial charge in [0.25, 0.3) is 0 Å². The molecule has 0 aliphatic heterocycles. The van der Waals surface area contributed by atoms with E-state index in [2.05, 4.69) is 43.3 Å². The molecule has 3 nitrogen and oxygen atoms in total. The SMILES string of the molecule is CC(Cc1nc2c(C#N)cccc2n1C)C(C)(C)C. The van der Waals surface area contributed by atoms with Gasteiger partial charge in [-0.25, -0.2) is 4.98 Å². The normalized spacial score (nSPS) is 13.5. The zero-order chi connectivity index (χ0) is 14.2. The second kappa shape index (κ2) is 4.70. The topological polar surface area (TPSA) is 41.6 Å². The van der Waals surface area contributed by atoms with Crippen molar-refractivity contribution in [2.75, 3.05) is 0 Å². The first-order chi connectivity index (χ1) is 8.84. The predicted octanol–water partition coefficient (Wildman–Crippen LogP) is 3.67. The number of para-hydroxylation sites is 1. The van der Waals surface area contributed by atoms with Crippen molar-refractivity contribution < 1.29 is 0 Å². The van der Waals surface area contributed by atoms with Crippen LogP contribution < -0.4 is 0 Å². The lowest BCUT2D eigenvalue weighted by Crippen LogP contribution is -2.20. The Kier molecular flexibility index (Phi) is 3.36. The van der Waals surface area contributed by atoms with Gasteiger partial charge >= 0.3 is 0 Å². The van der Waals surface area contributed by atoms with E-state index in [-0.39, 0.29) is 5.41 Å². The van der Waals surface area contributed by atoms with Crippen LogP contribution in [0.1, 0.15) is 39.1 Å². The second-order valence-corrected chi connectivity index (χ2v) is 6.34. The molecule has 100 valence electrons. The van der Waals surface area contributed by atoms with E-state index in [4.69, 9.17) is 5.26 Å². The number of aryl methyl sites for hydroxylation is 1. The minimum Gasteiger partial charge on any atom is -0.331 e. The van der Waals surface area contributed by atoms with Crippen molar-refractivity contribution >= 4 is 11.0 Å². The molecule has 19 heavy (non-hydrogen) atoms. The summed E-state index contributed by atoms with van der Waals surface area (Å²) in [6, 6.07) is 7.98. The maximum Gasteiger partial charge on any atom is 0.109 e. The molecule has 0 fully saturated rings. The molecule has 0 amide bonds. The van der Waals surface area contributed by atoms with E-state index in [9.17, 15) is 0 Å². The molecule has 0 saturated heterocycles. The number of imidazole rings is 1. The van der Waals surface area contributed by atoms with Crippen LogP contribution in [0.3, 0.4) is 0 Å². The highest BCUT2D eigenvalue weighted by Crippen LogP contribution is 2.29. The molecule has 0 aliphatic rings. The molecule has 0 bridgehead atoms. The van der Waals surface area contributed by atoms with E-state index in [1.165, 1.54) is 0 Å². The zero-order valence-corrected chi connectivity index (χ0v) is 12.4. The summed E-state index contributed by atoms with van der Waals surface area (Å²) in [4.78, 5) is 4.68. The fourth-order valence-corrected chi connectivity index (χ4v) is 2.12. The van der Waals surface area contributed by atoms with E-state index in [1.54, 1.807) is 0 Å². The van der Waals surface area contributed by atoms with E-state index < -0.39 is 0 Å². The molecule has 1 aromatic heterocycles. The Balaban J connectivity index is 2.47. The Morgan fingerprint density at radius 1 is 1.37 bits per heavy atom. The molecule has 3 heteroatoms. The molecular formula is C16H21N3. The maximum absolute atomic E-state index is 9.15. The quantitative estimate of drug-likeness (QED) is 0.821. The molecule has 2 rings (SSSR count). The van der Waals surface area contributed by atoms with Crippen molar-refractivity contribution in [2.45, 2.75) is 34.1 Å². The van der Waals surface area contributed by atoms with Crippen molar-refractivity contribution in [3.8, 4) is 6.07 Å². The monoisotopic (exact) mass is 255 g/mol. The van der Waals surface area contributed by atoms with E-state index in [1.807, 2.05) is 25.2 Å². The third-order valence-corrected chi connectivity index (χ3v) is 4.09. The van der Waals surface area contributed by atoms with Crippen LogP contribution in [0, 0.1) is 22.7 Å². The third-order valence-electron chi connectivity index (χ3n) is 4.09. The Bertz CT molecular complexity index is 638. The van der Waals surface area contributed by atoms with Crippen LogP contribution >= 0.6 is 0 Å². The van der Waals surface area contributed by atoms with Crippen LogP contribution in [0.25, 0.3) is 11.0 Å². The highest BCUT2D eigenvalue weighted by Gasteiger charge is 2.22. The Morgan fingerprint density at radius 3 is 2.63 bits per heavy atom. The van der Waals surface area contributed by atoms with Crippen LogP contribution in [0.15, 0.2) is 18.2 Å². The molecule has 1 heterocycles. The molecule has 0 N–H and O–H groups in total. The summed E-state index contributed by atoms with van der Waals surface area (Å²) < 4.78 is 2.11. The lowest BCUT2D eigenvalue weighted by molar-refractivity contribution is 0.255. The smallest absolute Gasteiger partial charge is 0.109 e. The van der Waals surface area contributed by atoms with Crippen LogP contribution in [0.5, 0.6) is 0 Å². The maximum atomic E-state index is 9.15. The largest absolute Gasteiger partial charge is 0.331 e. The van der Waals surface area contributed by atoms with Crippen molar-refractivity contribution in [3.63, 3.8) is 0 Å². The number of rotatable bonds is 2. The Morgan fingerprint density at radius 2 is 2.05 bits per heavy atom. The van der Waals surface area contributed by atoms with Gasteiger partial charge in [0.1, 0.15) is 17.4 Å². The van der Waals surface area contributed by atoms with Gasteiger partial charge in [0.15, 0.2) is 0 Å². The van der Waals surface area contributed by atoms with Gasteiger partial charge in [0.05, 0.1) is 11.1 Å². The van der Waals surface area contributed by atoms with Gasteiger partial charge in [-0.15, -0.1) is 0 Å². The summed E-state index contributed by atoms with van der Waals surface area (Å²) in [5.41, 5.74) is 2.78. The van der Waals surface area contributed by atoms with Gasteiger partial charge in [0.2, 0.25) is 0 Å². The summed E-state index contributed by atoms with van der Waals surface area (Å²) >= 11 is 0. The van der Waals surface area contributed by atoms with Crippen LogP contribution in [0.4, 0.5) is 0 Å². The summed E-state index contributed by atoms with van der Waals surface area (Å²) in [7, 11) is 2.03. The fraction of sp³-hybridized carbons (Fsp3) is 0.500. The number of hydrogen-bond acceptors (Lipinski definition) is 2. The van der Waals surface area contributed by atoms with Crippen LogP contribution in [-0.2, 0) is 13.5 Å². The summed E-state index contributed by atoms with van der Waals surface area (Å²) in [6.45, 7) is 9.01. The Labute approximate surface area is 114 Å². The highest BCUT2D eigenvalue weighted by atomic mass is 15.1. The van der Waals surface area contributed by atoms with Gasteiger partial charge in [-0.05, 0) is 23.5 Å². The first-order valence-electron chi connectivity index (χ1n) is 6.69. The van der Waals surface area contributed by atoms with Gasteiger partial charge in [-0.2, -0.15) is 5.26 Å². The molecule has 2 aromatic rings. The summed E-state index contributed by atoms with van der Waals surface area (Å²) in [6.07, 6.45) is 0.930. The first kappa shape index (κ1) is 13.6. The summed E-state index contributed by atoms with van der Waals surface area (Å²) in [5, 5.41) is 9.15. The zero-order valence-electron chi connectivity index (χ0n) is 12.4. The number of nitriles is 1. The number of aromatic nitrogens is 2. The van der Waals surface area contributed by atoms with Gasteiger partial charge in [-0.1, -0.05) is 33.8 Å². The molecule has 1 unspecified atom stereocenters. The van der Waals surface area contributed by atoms with Gasteiger partial charge < -0.3 is 4.57 Å². The molecule has 0 saturated carbocycles. The predicted molar refractivity (Wildman–Crippen MR) is 77.8 cm³/mol. The molecule has 1 atom stereocenters. The minimum absolute atomic E-state index is 0.260. The highest BCUT2D eigenvalue weighted by molar-refractivity contribution is 5.82. The summed E-state index contributed by atoms with van der Waals surface area (Å²) in [5.74, 6) is 1.59. The van der Waals surface area contributed by atoms with Crippen molar-refractivity contribution in [3.05, 3.63) is 29.6 Å². The van der Waals surface area contributed by atoms with Crippen molar-refractivity contribution in [1.82, 2.24) is 9.55 Å².